The molecule has 25 heavy (non-hydrogen) atoms. The van der Waals surface area contributed by atoms with Crippen molar-refractivity contribution in [3.63, 3.8) is 0 Å². The van der Waals surface area contributed by atoms with E-state index in [4.69, 9.17) is 0 Å². The van der Waals surface area contributed by atoms with Crippen molar-refractivity contribution >= 4 is 43.2 Å². The minimum Gasteiger partial charge on any atom is -0.319 e. The van der Waals surface area contributed by atoms with Gasteiger partial charge in [-0.1, -0.05) is 33.6 Å². The quantitative estimate of drug-likeness (QED) is 0.542. The molecule has 0 aliphatic heterocycles. The van der Waals surface area contributed by atoms with Crippen LogP contribution in [0.5, 0.6) is 0 Å². The van der Waals surface area contributed by atoms with Crippen LogP contribution in [0, 0.1) is 17.0 Å². The summed E-state index contributed by atoms with van der Waals surface area (Å²) in [6.07, 6.45) is 0. The number of hydrogen-bond donors (Lipinski definition) is 2. The van der Waals surface area contributed by atoms with Crippen molar-refractivity contribution in [1.29, 1.82) is 0 Å². The van der Waals surface area contributed by atoms with Crippen molar-refractivity contribution in [2.75, 3.05) is 11.9 Å². The van der Waals surface area contributed by atoms with E-state index < -0.39 is 27.4 Å². The molecular weight excluding hydrogens is 414 g/mol. The Kier molecular flexibility index (Phi) is 5.88. The van der Waals surface area contributed by atoms with Crippen molar-refractivity contribution in [2.45, 2.75) is 11.8 Å². The summed E-state index contributed by atoms with van der Waals surface area (Å²) in [5.74, 6) is -0.725. The summed E-state index contributed by atoms with van der Waals surface area (Å²) in [5.41, 5.74) is 0.579. The highest BCUT2D eigenvalue weighted by Crippen LogP contribution is 2.27. The van der Waals surface area contributed by atoms with Crippen LogP contribution in [0.3, 0.4) is 0 Å². The van der Waals surface area contributed by atoms with E-state index in [9.17, 15) is 23.3 Å². The lowest BCUT2D eigenvalue weighted by Gasteiger charge is -2.09. The zero-order valence-electron chi connectivity index (χ0n) is 13.0. The van der Waals surface area contributed by atoms with E-state index in [1.807, 2.05) is 6.92 Å². The van der Waals surface area contributed by atoms with Gasteiger partial charge < -0.3 is 5.32 Å². The number of rotatable bonds is 6. The fourth-order valence-electron chi connectivity index (χ4n) is 1.92. The first kappa shape index (κ1) is 19.0. The highest BCUT2D eigenvalue weighted by Gasteiger charge is 2.19. The van der Waals surface area contributed by atoms with Gasteiger partial charge in [0.25, 0.3) is 5.69 Å². The summed E-state index contributed by atoms with van der Waals surface area (Å²) < 4.78 is 26.9. The number of amides is 1. The Balaban J connectivity index is 2.07. The smallest absolute Gasteiger partial charge is 0.292 e. The van der Waals surface area contributed by atoms with E-state index in [0.717, 1.165) is 5.56 Å². The monoisotopic (exact) mass is 427 g/mol. The van der Waals surface area contributed by atoms with Crippen LogP contribution in [0.4, 0.5) is 11.4 Å². The summed E-state index contributed by atoms with van der Waals surface area (Å²) >= 11 is 3.16. The molecule has 2 aromatic rings. The Hall–Kier alpha value is -2.30. The van der Waals surface area contributed by atoms with Gasteiger partial charge in [-0.25, -0.2) is 13.1 Å². The van der Waals surface area contributed by atoms with Crippen molar-refractivity contribution in [3.8, 4) is 0 Å². The van der Waals surface area contributed by atoms with E-state index in [2.05, 4.69) is 26.0 Å². The number of aryl methyl sites for hydroxylation is 1. The van der Waals surface area contributed by atoms with Gasteiger partial charge in [-0.15, -0.1) is 0 Å². The third-order valence-corrected chi connectivity index (χ3v) is 5.09. The van der Waals surface area contributed by atoms with Crippen LogP contribution < -0.4 is 10.0 Å². The number of nitrogens with zero attached hydrogens (tertiary/aromatic N) is 1. The number of halogens is 1. The van der Waals surface area contributed by atoms with Crippen LogP contribution in [0.25, 0.3) is 0 Å². The SMILES string of the molecule is Cc1ccc(S(=O)(=O)NCC(=O)Nc2cc(Br)ccc2[N+](=O)[O-])cc1. The molecule has 0 heterocycles. The highest BCUT2D eigenvalue weighted by molar-refractivity contribution is 9.10. The number of hydrogen-bond acceptors (Lipinski definition) is 5. The molecule has 132 valence electrons. The van der Waals surface area contributed by atoms with Crippen LogP contribution in [0.1, 0.15) is 5.56 Å². The minimum atomic E-state index is -3.85. The molecule has 2 aromatic carbocycles. The third-order valence-electron chi connectivity index (χ3n) is 3.18. The van der Waals surface area contributed by atoms with Crippen LogP contribution in [-0.2, 0) is 14.8 Å². The summed E-state index contributed by atoms with van der Waals surface area (Å²) in [6, 6.07) is 10.2. The Labute approximate surface area is 152 Å². The molecule has 1 amide bonds. The summed E-state index contributed by atoms with van der Waals surface area (Å²) in [5, 5.41) is 13.3. The first-order chi connectivity index (χ1) is 11.7. The highest BCUT2D eigenvalue weighted by atomic mass is 79.9. The fourth-order valence-corrected chi connectivity index (χ4v) is 3.27. The number of benzene rings is 2. The summed E-state index contributed by atoms with van der Waals surface area (Å²) in [6.45, 7) is 1.27. The van der Waals surface area contributed by atoms with Crippen LogP contribution >= 0.6 is 15.9 Å². The number of sulfonamides is 1. The van der Waals surface area contributed by atoms with E-state index >= 15 is 0 Å². The lowest BCUT2D eigenvalue weighted by atomic mass is 10.2. The molecule has 0 saturated heterocycles. The second-order valence-electron chi connectivity index (χ2n) is 5.10. The van der Waals surface area contributed by atoms with E-state index in [1.165, 1.54) is 30.3 Å². The summed E-state index contributed by atoms with van der Waals surface area (Å²) in [4.78, 5) is 22.3. The van der Waals surface area contributed by atoms with Crippen LogP contribution in [0.15, 0.2) is 51.8 Å². The van der Waals surface area contributed by atoms with Gasteiger partial charge in [0.05, 0.1) is 16.4 Å². The molecule has 0 aliphatic rings. The van der Waals surface area contributed by atoms with Crippen LogP contribution in [-0.4, -0.2) is 25.8 Å². The Bertz CT molecular complexity index is 913. The van der Waals surface area contributed by atoms with Gasteiger partial charge in [0.15, 0.2) is 0 Å². The molecule has 8 nitrogen and oxygen atoms in total. The van der Waals surface area contributed by atoms with Gasteiger partial charge in [-0.2, -0.15) is 0 Å². The molecule has 2 rings (SSSR count). The van der Waals surface area contributed by atoms with Crippen LogP contribution in [0.2, 0.25) is 0 Å². The first-order valence-corrected chi connectivity index (χ1v) is 9.27. The maximum Gasteiger partial charge on any atom is 0.292 e. The number of nitro groups is 1. The predicted octanol–water partition coefficient (Wildman–Crippen LogP) is 2.58. The van der Waals surface area contributed by atoms with Crippen molar-refractivity contribution in [1.82, 2.24) is 4.72 Å². The molecule has 0 fully saturated rings. The largest absolute Gasteiger partial charge is 0.319 e. The lowest BCUT2D eigenvalue weighted by Crippen LogP contribution is -2.33. The van der Waals surface area contributed by atoms with Crippen molar-refractivity contribution in [3.05, 3.63) is 62.6 Å². The van der Waals surface area contributed by atoms with Gasteiger partial charge in [0, 0.05) is 10.5 Å². The van der Waals surface area contributed by atoms with Gasteiger partial charge >= 0.3 is 0 Å². The average molecular weight is 428 g/mol. The molecule has 10 heteroatoms. The molecule has 0 spiro atoms. The first-order valence-electron chi connectivity index (χ1n) is 6.99. The van der Waals surface area contributed by atoms with Gasteiger partial charge in [0.2, 0.25) is 15.9 Å². The van der Waals surface area contributed by atoms with E-state index in [0.29, 0.717) is 4.47 Å². The van der Waals surface area contributed by atoms with Gasteiger partial charge in [-0.3, -0.25) is 14.9 Å². The van der Waals surface area contributed by atoms with Crippen molar-refractivity contribution in [2.24, 2.45) is 0 Å². The third kappa shape index (κ3) is 5.08. The molecule has 0 radical (unpaired) electrons. The number of nitrogens with one attached hydrogen (secondary N) is 2. The normalized spacial score (nSPS) is 11.1. The molecule has 0 aliphatic carbocycles. The number of anilines is 1. The number of carbonyl (C=O) groups is 1. The summed E-state index contributed by atoms with van der Waals surface area (Å²) in [7, 11) is -3.85. The zero-order chi connectivity index (χ0) is 18.6. The minimum absolute atomic E-state index is 0.0272. The second kappa shape index (κ2) is 7.72. The average Bonchev–Trinajstić information content (AvgIpc) is 2.53. The Morgan fingerprint density at radius 1 is 1.20 bits per heavy atom. The molecule has 0 aromatic heterocycles. The zero-order valence-corrected chi connectivity index (χ0v) is 15.4. The van der Waals surface area contributed by atoms with Gasteiger partial charge in [0.1, 0.15) is 5.69 Å². The lowest BCUT2D eigenvalue weighted by molar-refractivity contribution is -0.383. The number of nitro benzene ring substituents is 1. The molecule has 0 atom stereocenters. The standard InChI is InChI=1S/C15H14BrN3O5S/c1-10-2-5-12(6-3-10)25(23,24)17-9-15(20)18-13-8-11(16)4-7-14(13)19(21)22/h2-8,17H,9H2,1H3,(H,18,20). The molecule has 2 N–H and O–H groups in total. The fraction of sp³-hybridized carbons (Fsp3) is 0.133. The molecule has 0 unspecified atom stereocenters. The predicted molar refractivity (Wildman–Crippen MR) is 95.8 cm³/mol. The Morgan fingerprint density at radius 2 is 1.84 bits per heavy atom. The Morgan fingerprint density at radius 3 is 2.44 bits per heavy atom. The number of carbonyl (C=O) groups excluding carboxylic acids is 1. The molecular formula is C15H14BrN3O5S. The van der Waals surface area contributed by atoms with Crippen molar-refractivity contribution < 1.29 is 18.1 Å². The second-order valence-corrected chi connectivity index (χ2v) is 7.79. The maximum atomic E-state index is 12.1. The topological polar surface area (TPSA) is 118 Å². The van der Waals surface area contributed by atoms with E-state index in [-0.39, 0.29) is 16.3 Å². The van der Waals surface area contributed by atoms with E-state index in [1.54, 1.807) is 12.1 Å². The maximum absolute atomic E-state index is 12.1. The molecule has 0 saturated carbocycles. The molecule has 0 bridgehead atoms. The van der Waals surface area contributed by atoms with Gasteiger partial charge in [-0.05, 0) is 31.2 Å².